The van der Waals surface area contributed by atoms with E-state index < -0.39 is 0 Å². The van der Waals surface area contributed by atoms with Gasteiger partial charge in [-0.05, 0) is 38.0 Å². The minimum atomic E-state index is -0.367. The van der Waals surface area contributed by atoms with Crippen molar-refractivity contribution in [3.63, 3.8) is 0 Å². The molecule has 3 nitrogen and oxygen atoms in total. The van der Waals surface area contributed by atoms with Gasteiger partial charge in [0.25, 0.3) is 0 Å². The van der Waals surface area contributed by atoms with Crippen LogP contribution in [0.1, 0.15) is 46.5 Å². The molecule has 1 aliphatic carbocycles. The molecular formula is C14H29NO2. The van der Waals surface area contributed by atoms with Crippen LogP contribution in [0.2, 0.25) is 0 Å². The maximum absolute atomic E-state index is 9.74. The third kappa shape index (κ3) is 7.74. The Balaban J connectivity index is 1.95. The Morgan fingerprint density at radius 1 is 1.35 bits per heavy atom. The van der Waals surface area contributed by atoms with Crippen LogP contribution in [-0.2, 0) is 4.74 Å². The Labute approximate surface area is 106 Å². The molecule has 0 aliphatic heterocycles. The third-order valence-corrected chi connectivity index (χ3v) is 3.52. The van der Waals surface area contributed by atoms with E-state index in [0.29, 0.717) is 19.2 Å². The highest BCUT2D eigenvalue weighted by Crippen LogP contribution is 2.28. The molecule has 17 heavy (non-hydrogen) atoms. The highest BCUT2D eigenvalue weighted by molar-refractivity contribution is 4.73. The Kier molecular flexibility index (Phi) is 7.09. The lowest BCUT2D eigenvalue weighted by atomic mass is 10.0. The molecule has 3 heteroatoms. The predicted octanol–water partition coefficient (Wildman–Crippen LogP) is 2.19. The molecule has 0 amide bonds. The molecule has 0 radical (unpaired) electrons. The van der Waals surface area contributed by atoms with E-state index in [2.05, 4.69) is 26.1 Å². The van der Waals surface area contributed by atoms with Crippen molar-refractivity contribution < 1.29 is 9.84 Å². The average molecular weight is 243 g/mol. The summed E-state index contributed by atoms with van der Waals surface area (Å²) in [6.07, 6.45) is 4.64. The van der Waals surface area contributed by atoms with Crippen LogP contribution in [0.15, 0.2) is 0 Å². The summed E-state index contributed by atoms with van der Waals surface area (Å²) in [5.41, 5.74) is 0. The van der Waals surface area contributed by atoms with Gasteiger partial charge in [0, 0.05) is 19.2 Å². The van der Waals surface area contributed by atoms with Gasteiger partial charge in [-0.25, -0.2) is 0 Å². The van der Waals surface area contributed by atoms with Gasteiger partial charge in [0.15, 0.2) is 0 Å². The maximum atomic E-state index is 9.74. The van der Waals surface area contributed by atoms with E-state index in [0.717, 1.165) is 18.4 Å². The second kappa shape index (κ2) is 8.06. The Morgan fingerprint density at radius 2 is 2.06 bits per heavy atom. The average Bonchev–Trinajstić information content (AvgIpc) is 3.10. The van der Waals surface area contributed by atoms with Crippen molar-refractivity contribution in [2.75, 3.05) is 19.8 Å². The molecule has 3 unspecified atom stereocenters. The molecule has 2 N–H and O–H groups in total. The lowest BCUT2D eigenvalue weighted by Crippen LogP contribution is -2.36. The SMILES string of the molecule is CCC(C)CC(C)NCC(O)COCC1CC1. The number of hydrogen-bond acceptors (Lipinski definition) is 3. The molecule has 102 valence electrons. The van der Waals surface area contributed by atoms with Crippen LogP contribution < -0.4 is 5.32 Å². The van der Waals surface area contributed by atoms with Gasteiger partial charge in [-0.2, -0.15) is 0 Å². The maximum Gasteiger partial charge on any atom is 0.0897 e. The fourth-order valence-electron chi connectivity index (χ4n) is 1.90. The van der Waals surface area contributed by atoms with Crippen LogP contribution in [0, 0.1) is 11.8 Å². The van der Waals surface area contributed by atoms with Crippen molar-refractivity contribution in [3.05, 3.63) is 0 Å². The van der Waals surface area contributed by atoms with Crippen LogP contribution in [0.5, 0.6) is 0 Å². The number of rotatable bonds is 10. The van der Waals surface area contributed by atoms with E-state index in [-0.39, 0.29) is 6.10 Å². The molecular weight excluding hydrogens is 214 g/mol. The zero-order chi connectivity index (χ0) is 12.7. The molecule has 0 spiro atoms. The van der Waals surface area contributed by atoms with Crippen LogP contribution in [0.4, 0.5) is 0 Å². The normalized spacial score (nSPS) is 21.2. The Hall–Kier alpha value is -0.120. The second-order valence-electron chi connectivity index (χ2n) is 5.69. The smallest absolute Gasteiger partial charge is 0.0897 e. The van der Waals surface area contributed by atoms with Crippen LogP contribution in [-0.4, -0.2) is 37.0 Å². The summed E-state index contributed by atoms with van der Waals surface area (Å²) < 4.78 is 5.46. The highest BCUT2D eigenvalue weighted by atomic mass is 16.5. The van der Waals surface area contributed by atoms with Gasteiger partial charge < -0.3 is 15.2 Å². The van der Waals surface area contributed by atoms with Gasteiger partial charge >= 0.3 is 0 Å². The first kappa shape index (κ1) is 14.9. The van der Waals surface area contributed by atoms with Crippen molar-refractivity contribution in [1.82, 2.24) is 5.32 Å². The van der Waals surface area contributed by atoms with E-state index >= 15 is 0 Å². The first-order chi connectivity index (χ1) is 8.11. The number of ether oxygens (including phenoxy) is 1. The summed E-state index contributed by atoms with van der Waals surface area (Å²) in [7, 11) is 0. The molecule has 0 aromatic heterocycles. The molecule has 0 saturated heterocycles. The molecule has 0 aromatic rings. The van der Waals surface area contributed by atoms with Gasteiger partial charge in [-0.15, -0.1) is 0 Å². The van der Waals surface area contributed by atoms with Crippen molar-refractivity contribution in [1.29, 1.82) is 0 Å². The minimum Gasteiger partial charge on any atom is -0.389 e. The van der Waals surface area contributed by atoms with Crippen molar-refractivity contribution in [2.24, 2.45) is 11.8 Å². The summed E-state index contributed by atoms with van der Waals surface area (Å²) in [4.78, 5) is 0. The van der Waals surface area contributed by atoms with Crippen molar-refractivity contribution in [2.45, 2.75) is 58.6 Å². The summed E-state index contributed by atoms with van der Waals surface area (Å²) >= 11 is 0. The highest BCUT2D eigenvalue weighted by Gasteiger charge is 2.21. The number of nitrogens with one attached hydrogen (secondary N) is 1. The van der Waals surface area contributed by atoms with Gasteiger partial charge in [-0.3, -0.25) is 0 Å². The lowest BCUT2D eigenvalue weighted by Gasteiger charge is -2.19. The van der Waals surface area contributed by atoms with E-state index in [4.69, 9.17) is 4.74 Å². The summed E-state index contributed by atoms with van der Waals surface area (Å²) in [6.45, 7) is 8.62. The zero-order valence-corrected chi connectivity index (χ0v) is 11.6. The molecule has 1 rings (SSSR count). The first-order valence-electron chi connectivity index (χ1n) is 7.11. The topological polar surface area (TPSA) is 41.5 Å². The first-order valence-corrected chi connectivity index (χ1v) is 7.11. The molecule has 3 atom stereocenters. The largest absolute Gasteiger partial charge is 0.389 e. The second-order valence-corrected chi connectivity index (χ2v) is 5.69. The Morgan fingerprint density at radius 3 is 2.65 bits per heavy atom. The fraction of sp³-hybridized carbons (Fsp3) is 1.00. The summed E-state index contributed by atoms with van der Waals surface area (Å²) in [5.74, 6) is 1.53. The minimum absolute atomic E-state index is 0.367. The number of aliphatic hydroxyl groups excluding tert-OH is 1. The van der Waals surface area contributed by atoms with Gasteiger partial charge in [0.1, 0.15) is 0 Å². The van der Waals surface area contributed by atoms with Gasteiger partial charge in [0.05, 0.1) is 12.7 Å². The lowest BCUT2D eigenvalue weighted by molar-refractivity contribution is 0.0312. The fourth-order valence-corrected chi connectivity index (χ4v) is 1.90. The number of hydrogen-bond donors (Lipinski definition) is 2. The van der Waals surface area contributed by atoms with Gasteiger partial charge in [0.2, 0.25) is 0 Å². The molecule has 1 saturated carbocycles. The molecule has 1 aliphatic rings. The zero-order valence-electron chi connectivity index (χ0n) is 11.6. The van der Waals surface area contributed by atoms with Gasteiger partial charge in [-0.1, -0.05) is 20.3 Å². The predicted molar refractivity (Wildman–Crippen MR) is 71.1 cm³/mol. The van der Waals surface area contributed by atoms with E-state index in [9.17, 15) is 5.11 Å². The van der Waals surface area contributed by atoms with E-state index in [1.54, 1.807) is 0 Å². The van der Waals surface area contributed by atoms with Crippen molar-refractivity contribution >= 4 is 0 Å². The van der Waals surface area contributed by atoms with E-state index in [1.807, 2.05) is 0 Å². The molecule has 0 heterocycles. The summed E-state index contributed by atoms with van der Waals surface area (Å²) in [6, 6.07) is 0.475. The number of aliphatic hydroxyl groups is 1. The summed E-state index contributed by atoms with van der Waals surface area (Å²) in [5, 5.41) is 13.1. The standard InChI is InChI=1S/C14H29NO2/c1-4-11(2)7-12(3)15-8-14(16)10-17-9-13-5-6-13/h11-16H,4-10H2,1-3H3. The van der Waals surface area contributed by atoms with E-state index in [1.165, 1.54) is 25.7 Å². The molecule has 1 fully saturated rings. The van der Waals surface area contributed by atoms with Crippen LogP contribution in [0.3, 0.4) is 0 Å². The molecule has 0 bridgehead atoms. The molecule has 0 aromatic carbocycles. The quantitative estimate of drug-likeness (QED) is 0.618. The Bertz CT molecular complexity index is 195. The third-order valence-electron chi connectivity index (χ3n) is 3.52. The monoisotopic (exact) mass is 243 g/mol. The van der Waals surface area contributed by atoms with Crippen LogP contribution >= 0.6 is 0 Å². The van der Waals surface area contributed by atoms with Crippen molar-refractivity contribution in [3.8, 4) is 0 Å². The van der Waals surface area contributed by atoms with Crippen LogP contribution in [0.25, 0.3) is 0 Å².